The highest BCUT2D eigenvalue weighted by Gasteiger charge is 2.34. The highest BCUT2D eigenvalue weighted by atomic mass is 16.1. The number of nitrogens with zero attached hydrogens (tertiary/aromatic N) is 1. The average molecular weight is 166 g/mol. The summed E-state index contributed by atoms with van der Waals surface area (Å²) in [5, 5.41) is 0. The van der Waals surface area contributed by atoms with Crippen LogP contribution in [0.5, 0.6) is 0 Å². The number of hydrogen-bond acceptors (Lipinski definition) is 1. The minimum atomic E-state index is 0.374. The van der Waals surface area contributed by atoms with Crippen molar-refractivity contribution in [1.29, 1.82) is 0 Å². The second-order valence-electron chi connectivity index (χ2n) is 3.45. The van der Waals surface area contributed by atoms with E-state index in [-0.39, 0.29) is 0 Å². The maximum atomic E-state index is 11.1. The molecule has 1 saturated heterocycles. The van der Waals surface area contributed by atoms with Gasteiger partial charge in [-0.1, -0.05) is 13.2 Å². The molecule has 2 heteroatoms. The van der Waals surface area contributed by atoms with Crippen molar-refractivity contribution < 1.29 is 9.28 Å². The van der Waals surface area contributed by atoms with Crippen LogP contribution in [0.1, 0.15) is 6.42 Å². The Morgan fingerprint density at radius 2 is 1.92 bits per heavy atom. The molecule has 0 saturated carbocycles. The van der Waals surface area contributed by atoms with Gasteiger partial charge in [-0.05, 0) is 12.2 Å². The van der Waals surface area contributed by atoms with Gasteiger partial charge in [0.05, 0.1) is 26.1 Å². The number of hydrogen-bond donors (Lipinski definition) is 0. The van der Waals surface area contributed by atoms with Gasteiger partial charge in [0.15, 0.2) is 5.78 Å². The number of Topliss-reactive ketones (excluding diaryl/α,β-unsaturated/α-hetero) is 1. The molecular weight excluding hydrogens is 150 g/mol. The van der Waals surface area contributed by atoms with E-state index in [0.29, 0.717) is 12.3 Å². The van der Waals surface area contributed by atoms with E-state index < -0.39 is 0 Å². The molecule has 1 heterocycles. The van der Waals surface area contributed by atoms with Crippen LogP contribution in [0, 0.1) is 0 Å². The van der Waals surface area contributed by atoms with Gasteiger partial charge in [-0.25, -0.2) is 0 Å². The van der Waals surface area contributed by atoms with E-state index in [0.717, 1.165) is 30.5 Å². The molecule has 0 aromatic carbocycles. The number of rotatable bonds is 4. The zero-order chi connectivity index (χ0) is 9.03. The smallest absolute Gasteiger partial charge is 0.192 e. The maximum Gasteiger partial charge on any atom is 0.192 e. The van der Waals surface area contributed by atoms with Crippen molar-refractivity contribution in [2.24, 2.45) is 0 Å². The maximum absolute atomic E-state index is 11.1. The number of ketones is 1. The number of carbonyl (C=O) groups excluding carboxylic acids is 1. The first-order valence-corrected chi connectivity index (χ1v) is 4.31. The van der Waals surface area contributed by atoms with Crippen LogP contribution in [0.15, 0.2) is 25.3 Å². The third-order valence-corrected chi connectivity index (χ3v) is 2.41. The molecule has 0 bridgehead atoms. The molecule has 1 fully saturated rings. The van der Waals surface area contributed by atoms with E-state index in [1.807, 2.05) is 12.2 Å². The van der Waals surface area contributed by atoms with Gasteiger partial charge >= 0.3 is 0 Å². The van der Waals surface area contributed by atoms with Gasteiger partial charge in [-0.2, -0.15) is 0 Å². The second kappa shape index (κ2) is 3.68. The molecule has 0 aromatic rings. The summed E-state index contributed by atoms with van der Waals surface area (Å²) in [5.74, 6) is 0.374. The van der Waals surface area contributed by atoms with Gasteiger partial charge in [-0.15, -0.1) is 0 Å². The Bertz CT molecular complexity index is 198. The average Bonchev–Trinajstić information content (AvgIpc) is 2.34. The zero-order valence-electron chi connectivity index (χ0n) is 7.46. The van der Waals surface area contributed by atoms with Crippen molar-refractivity contribution in [2.75, 3.05) is 26.2 Å². The number of quaternary nitrogens is 1. The lowest BCUT2D eigenvalue weighted by Gasteiger charge is -2.30. The molecule has 0 unspecified atom stereocenters. The second-order valence-corrected chi connectivity index (χ2v) is 3.45. The monoisotopic (exact) mass is 166 g/mol. The van der Waals surface area contributed by atoms with Crippen molar-refractivity contribution in [2.45, 2.75) is 6.42 Å². The van der Waals surface area contributed by atoms with Gasteiger partial charge in [0.25, 0.3) is 0 Å². The van der Waals surface area contributed by atoms with E-state index in [4.69, 9.17) is 0 Å². The molecule has 1 aliphatic rings. The molecule has 66 valence electrons. The summed E-state index contributed by atoms with van der Waals surface area (Å²) in [6.45, 7) is 10.8. The summed E-state index contributed by atoms with van der Waals surface area (Å²) in [7, 11) is 0. The summed E-state index contributed by atoms with van der Waals surface area (Å²) >= 11 is 0. The predicted molar refractivity (Wildman–Crippen MR) is 49.7 cm³/mol. The van der Waals surface area contributed by atoms with Crippen molar-refractivity contribution >= 4 is 5.78 Å². The molecule has 1 rings (SSSR count). The molecule has 0 spiro atoms. The molecule has 0 amide bonds. The molecule has 0 aromatic heterocycles. The Balaban J connectivity index is 2.65. The topological polar surface area (TPSA) is 17.1 Å². The van der Waals surface area contributed by atoms with Crippen molar-refractivity contribution in [1.82, 2.24) is 0 Å². The zero-order valence-corrected chi connectivity index (χ0v) is 7.46. The summed E-state index contributed by atoms with van der Waals surface area (Å²) in [5.41, 5.74) is 0. The Morgan fingerprint density at radius 3 is 2.25 bits per heavy atom. The standard InChI is InChI=1S/C10H16NO/c1-3-6-11(7-4-2)8-5-10(12)9-11/h3-4H,1-2,5-9H2/q+1. The Morgan fingerprint density at radius 1 is 1.33 bits per heavy atom. The van der Waals surface area contributed by atoms with Crippen LogP contribution in [0.3, 0.4) is 0 Å². The number of likely N-dealkylation sites (tertiary alicyclic amines) is 1. The fourth-order valence-corrected chi connectivity index (χ4v) is 1.83. The van der Waals surface area contributed by atoms with Gasteiger partial charge in [0.2, 0.25) is 0 Å². The van der Waals surface area contributed by atoms with E-state index in [9.17, 15) is 4.79 Å². The summed E-state index contributed by atoms with van der Waals surface area (Å²) in [6, 6.07) is 0. The molecule has 0 radical (unpaired) electrons. The van der Waals surface area contributed by atoms with E-state index in [2.05, 4.69) is 13.2 Å². The SMILES string of the molecule is C=CC[N+]1(CC=C)CCC(=O)C1. The number of carbonyl (C=O) groups is 1. The molecular formula is C10H16NO+. The third kappa shape index (κ3) is 1.83. The van der Waals surface area contributed by atoms with Gasteiger partial charge in [-0.3, -0.25) is 4.79 Å². The first-order valence-electron chi connectivity index (χ1n) is 4.31. The van der Waals surface area contributed by atoms with Crippen molar-refractivity contribution in [3.05, 3.63) is 25.3 Å². The largest absolute Gasteiger partial charge is 0.311 e. The van der Waals surface area contributed by atoms with Crippen LogP contribution in [0.25, 0.3) is 0 Å². The fraction of sp³-hybridized carbons (Fsp3) is 0.500. The Hall–Kier alpha value is -0.890. The van der Waals surface area contributed by atoms with Crippen molar-refractivity contribution in [3.8, 4) is 0 Å². The van der Waals surface area contributed by atoms with Gasteiger partial charge in [0.1, 0.15) is 6.54 Å². The lowest BCUT2D eigenvalue weighted by molar-refractivity contribution is -0.901. The quantitative estimate of drug-likeness (QED) is 0.452. The lowest BCUT2D eigenvalue weighted by Crippen LogP contribution is -2.46. The minimum absolute atomic E-state index is 0.374. The first kappa shape index (κ1) is 9.20. The molecule has 12 heavy (non-hydrogen) atoms. The summed E-state index contributed by atoms with van der Waals surface area (Å²) in [4.78, 5) is 11.1. The van der Waals surface area contributed by atoms with Crippen LogP contribution in [0.2, 0.25) is 0 Å². The van der Waals surface area contributed by atoms with Gasteiger partial charge < -0.3 is 4.48 Å². The van der Waals surface area contributed by atoms with E-state index in [1.54, 1.807) is 0 Å². The fourth-order valence-electron chi connectivity index (χ4n) is 1.83. The third-order valence-electron chi connectivity index (χ3n) is 2.41. The Labute approximate surface area is 73.8 Å². The van der Waals surface area contributed by atoms with E-state index in [1.165, 1.54) is 0 Å². The summed E-state index contributed by atoms with van der Waals surface area (Å²) < 4.78 is 0.839. The Kier molecular flexibility index (Phi) is 2.82. The molecule has 2 nitrogen and oxygen atoms in total. The van der Waals surface area contributed by atoms with Crippen molar-refractivity contribution in [3.63, 3.8) is 0 Å². The van der Waals surface area contributed by atoms with Crippen LogP contribution in [-0.4, -0.2) is 36.4 Å². The predicted octanol–water partition coefficient (Wildman–Crippen LogP) is 1.15. The first-order chi connectivity index (χ1) is 5.72. The van der Waals surface area contributed by atoms with Gasteiger partial charge in [0, 0.05) is 0 Å². The normalized spacial score (nSPS) is 20.8. The van der Waals surface area contributed by atoms with Crippen LogP contribution in [-0.2, 0) is 4.79 Å². The molecule has 1 aliphatic heterocycles. The molecule has 0 atom stereocenters. The highest BCUT2D eigenvalue weighted by Crippen LogP contribution is 2.16. The van der Waals surface area contributed by atoms with Crippen LogP contribution >= 0.6 is 0 Å². The van der Waals surface area contributed by atoms with E-state index >= 15 is 0 Å². The highest BCUT2D eigenvalue weighted by molar-refractivity contribution is 5.81. The lowest BCUT2D eigenvalue weighted by atomic mass is 10.3. The minimum Gasteiger partial charge on any atom is -0.311 e. The molecule has 0 aliphatic carbocycles. The summed E-state index contributed by atoms with van der Waals surface area (Å²) in [6.07, 6.45) is 4.51. The van der Waals surface area contributed by atoms with Crippen LogP contribution < -0.4 is 0 Å². The van der Waals surface area contributed by atoms with Crippen LogP contribution in [0.4, 0.5) is 0 Å². The molecule has 0 N–H and O–H groups in total.